The van der Waals surface area contributed by atoms with Crippen molar-refractivity contribution >= 4 is 21.8 Å². The van der Waals surface area contributed by atoms with E-state index in [4.69, 9.17) is 0 Å². The van der Waals surface area contributed by atoms with E-state index in [1.54, 1.807) is 0 Å². The van der Waals surface area contributed by atoms with Crippen LogP contribution in [-0.4, -0.2) is 28.7 Å². The van der Waals surface area contributed by atoms with E-state index in [2.05, 4.69) is 48.0 Å². The molecule has 1 heterocycles. The molecule has 1 amide bonds. The average molecular weight is 296 g/mol. The Morgan fingerprint density at radius 2 is 2.18 bits per heavy atom. The highest BCUT2D eigenvalue weighted by molar-refractivity contribution is 9.09. The molecule has 1 unspecified atom stereocenters. The maximum atomic E-state index is 12.1. The van der Waals surface area contributed by atoms with Crippen LogP contribution in [0.25, 0.3) is 0 Å². The number of likely N-dealkylation sites (tertiary alicyclic amines) is 1. The SMILES string of the molecule is Cc1ccc(CC(=O)N2CCC(Br)C2)cc1C. The molecule has 0 radical (unpaired) electrons. The van der Waals surface area contributed by atoms with Crippen molar-refractivity contribution in [2.45, 2.75) is 31.5 Å². The lowest BCUT2D eigenvalue weighted by Gasteiger charge is -2.15. The molecule has 1 aromatic rings. The third kappa shape index (κ3) is 3.09. The Balaban J connectivity index is 2.00. The van der Waals surface area contributed by atoms with Crippen LogP contribution in [0.2, 0.25) is 0 Å². The third-order valence-electron chi connectivity index (χ3n) is 3.41. The van der Waals surface area contributed by atoms with Crippen molar-refractivity contribution in [2.24, 2.45) is 0 Å². The number of carbonyl (C=O) groups is 1. The minimum atomic E-state index is 0.246. The van der Waals surface area contributed by atoms with Gasteiger partial charge in [0, 0.05) is 17.9 Å². The van der Waals surface area contributed by atoms with Gasteiger partial charge in [-0.3, -0.25) is 4.79 Å². The Morgan fingerprint density at radius 1 is 1.41 bits per heavy atom. The Kier molecular flexibility index (Phi) is 3.87. The average Bonchev–Trinajstić information content (AvgIpc) is 2.70. The summed E-state index contributed by atoms with van der Waals surface area (Å²) < 4.78 is 0. The first-order valence-electron chi connectivity index (χ1n) is 6.04. The molecule has 0 saturated carbocycles. The zero-order valence-electron chi connectivity index (χ0n) is 10.4. The van der Waals surface area contributed by atoms with Gasteiger partial charge in [0.2, 0.25) is 5.91 Å². The number of aryl methyl sites for hydroxylation is 2. The quantitative estimate of drug-likeness (QED) is 0.769. The van der Waals surface area contributed by atoms with Crippen LogP contribution in [0.5, 0.6) is 0 Å². The van der Waals surface area contributed by atoms with Crippen molar-refractivity contribution in [3.05, 3.63) is 34.9 Å². The second-order valence-electron chi connectivity index (χ2n) is 4.82. The van der Waals surface area contributed by atoms with Gasteiger partial charge in [-0.25, -0.2) is 0 Å². The van der Waals surface area contributed by atoms with Gasteiger partial charge in [0.05, 0.1) is 6.42 Å². The molecule has 1 aromatic carbocycles. The lowest BCUT2D eigenvalue weighted by Crippen LogP contribution is -2.30. The highest BCUT2D eigenvalue weighted by Gasteiger charge is 2.24. The third-order valence-corrected chi connectivity index (χ3v) is 4.16. The molecule has 0 aliphatic carbocycles. The van der Waals surface area contributed by atoms with Crippen LogP contribution in [0.3, 0.4) is 0 Å². The topological polar surface area (TPSA) is 20.3 Å². The maximum absolute atomic E-state index is 12.1. The summed E-state index contributed by atoms with van der Waals surface area (Å²) in [7, 11) is 0. The molecular formula is C14H18BrNO. The highest BCUT2D eigenvalue weighted by Crippen LogP contribution is 2.18. The summed E-state index contributed by atoms with van der Waals surface area (Å²) in [6, 6.07) is 6.27. The van der Waals surface area contributed by atoms with E-state index in [9.17, 15) is 4.79 Å². The van der Waals surface area contributed by atoms with Crippen LogP contribution in [-0.2, 0) is 11.2 Å². The lowest BCUT2D eigenvalue weighted by molar-refractivity contribution is -0.129. The van der Waals surface area contributed by atoms with Crippen molar-refractivity contribution < 1.29 is 4.79 Å². The number of hydrogen-bond acceptors (Lipinski definition) is 1. The van der Waals surface area contributed by atoms with Crippen molar-refractivity contribution in [1.82, 2.24) is 4.90 Å². The first kappa shape index (κ1) is 12.6. The monoisotopic (exact) mass is 295 g/mol. The Hall–Kier alpha value is -0.830. The van der Waals surface area contributed by atoms with Crippen LogP contribution >= 0.6 is 15.9 Å². The second kappa shape index (κ2) is 5.21. The Morgan fingerprint density at radius 3 is 2.76 bits per heavy atom. The van der Waals surface area contributed by atoms with Crippen LogP contribution < -0.4 is 0 Å². The smallest absolute Gasteiger partial charge is 0.227 e. The van der Waals surface area contributed by atoms with E-state index >= 15 is 0 Å². The second-order valence-corrected chi connectivity index (χ2v) is 6.12. The predicted octanol–water partition coefficient (Wildman–Crippen LogP) is 2.84. The number of carbonyl (C=O) groups excluding carboxylic acids is 1. The predicted molar refractivity (Wildman–Crippen MR) is 73.5 cm³/mol. The molecule has 0 N–H and O–H groups in total. The zero-order chi connectivity index (χ0) is 12.4. The number of rotatable bonds is 2. The molecule has 1 saturated heterocycles. The molecule has 92 valence electrons. The fourth-order valence-corrected chi connectivity index (χ4v) is 2.70. The number of benzene rings is 1. The molecule has 3 heteroatoms. The van der Waals surface area contributed by atoms with Gasteiger partial charge in [-0.1, -0.05) is 34.1 Å². The fraction of sp³-hybridized carbons (Fsp3) is 0.500. The van der Waals surface area contributed by atoms with Crippen LogP contribution in [0.1, 0.15) is 23.1 Å². The minimum absolute atomic E-state index is 0.246. The summed E-state index contributed by atoms with van der Waals surface area (Å²) >= 11 is 3.56. The van der Waals surface area contributed by atoms with Crippen LogP contribution in [0.4, 0.5) is 0 Å². The molecule has 0 spiro atoms. The van der Waals surface area contributed by atoms with Crippen LogP contribution in [0.15, 0.2) is 18.2 Å². The summed E-state index contributed by atoms with van der Waals surface area (Å²) in [5.41, 5.74) is 3.66. The molecule has 1 fully saturated rings. The van der Waals surface area contributed by atoms with Gasteiger partial charge in [-0.2, -0.15) is 0 Å². The van der Waals surface area contributed by atoms with Gasteiger partial charge in [0.1, 0.15) is 0 Å². The Bertz CT molecular complexity index is 430. The molecule has 1 aliphatic rings. The number of amides is 1. The molecule has 1 atom stereocenters. The molecule has 0 bridgehead atoms. The molecule has 2 nitrogen and oxygen atoms in total. The van der Waals surface area contributed by atoms with E-state index in [1.807, 2.05) is 4.90 Å². The first-order chi connectivity index (χ1) is 8.06. The summed E-state index contributed by atoms with van der Waals surface area (Å²) in [5.74, 6) is 0.246. The first-order valence-corrected chi connectivity index (χ1v) is 6.96. The molecule has 1 aliphatic heterocycles. The minimum Gasteiger partial charge on any atom is -0.341 e. The van der Waals surface area contributed by atoms with E-state index in [1.165, 1.54) is 11.1 Å². The van der Waals surface area contributed by atoms with Gasteiger partial charge in [0.25, 0.3) is 0 Å². The van der Waals surface area contributed by atoms with Gasteiger partial charge < -0.3 is 4.90 Å². The van der Waals surface area contributed by atoms with E-state index in [-0.39, 0.29) is 5.91 Å². The van der Waals surface area contributed by atoms with E-state index < -0.39 is 0 Å². The largest absolute Gasteiger partial charge is 0.341 e. The molecular weight excluding hydrogens is 278 g/mol. The summed E-state index contributed by atoms with van der Waals surface area (Å²) in [6.45, 7) is 5.92. The van der Waals surface area contributed by atoms with Crippen molar-refractivity contribution in [1.29, 1.82) is 0 Å². The Labute approximate surface area is 111 Å². The highest BCUT2D eigenvalue weighted by atomic mass is 79.9. The summed E-state index contributed by atoms with van der Waals surface area (Å²) in [4.78, 5) is 14.5. The van der Waals surface area contributed by atoms with Gasteiger partial charge >= 0.3 is 0 Å². The standard InChI is InChI=1S/C14H18BrNO/c1-10-3-4-12(7-11(10)2)8-14(17)16-6-5-13(15)9-16/h3-4,7,13H,5-6,8-9H2,1-2H3. The maximum Gasteiger partial charge on any atom is 0.227 e. The molecule has 2 rings (SSSR count). The van der Waals surface area contributed by atoms with Crippen molar-refractivity contribution in [3.63, 3.8) is 0 Å². The zero-order valence-corrected chi connectivity index (χ0v) is 12.0. The molecule has 17 heavy (non-hydrogen) atoms. The molecule has 0 aromatic heterocycles. The van der Waals surface area contributed by atoms with E-state index in [0.717, 1.165) is 25.1 Å². The number of hydrogen-bond donors (Lipinski definition) is 0. The normalized spacial score (nSPS) is 19.7. The lowest BCUT2D eigenvalue weighted by atomic mass is 10.0. The van der Waals surface area contributed by atoms with Gasteiger partial charge in [0.15, 0.2) is 0 Å². The number of nitrogens with zero attached hydrogens (tertiary/aromatic N) is 1. The number of halogens is 1. The van der Waals surface area contributed by atoms with Crippen molar-refractivity contribution in [3.8, 4) is 0 Å². The van der Waals surface area contributed by atoms with E-state index in [0.29, 0.717) is 11.2 Å². The summed E-state index contributed by atoms with van der Waals surface area (Å²) in [6.07, 6.45) is 1.60. The summed E-state index contributed by atoms with van der Waals surface area (Å²) in [5, 5.41) is 0. The van der Waals surface area contributed by atoms with Gasteiger partial charge in [-0.15, -0.1) is 0 Å². The fourth-order valence-electron chi connectivity index (χ4n) is 2.14. The van der Waals surface area contributed by atoms with Crippen LogP contribution in [0, 0.1) is 13.8 Å². The van der Waals surface area contributed by atoms with Gasteiger partial charge in [-0.05, 0) is 37.0 Å². The van der Waals surface area contributed by atoms with Crippen molar-refractivity contribution in [2.75, 3.05) is 13.1 Å². The number of alkyl halides is 1.